The van der Waals surface area contributed by atoms with Gasteiger partial charge in [0.25, 0.3) is 0 Å². The van der Waals surface area contributed by atoms with Gasteiger partial charge in [0.1, 0.15) is 17.5 Å². The van der Waals surface area contributed by atoms with Crippen LogP contribution in [0.3, 0.4) is 0 Å². The van der Waals surface area contributed by atoms with Crippen molar-refractivity contribution in [2.75, 3.05) is 0 Å². The minimum absolute atomic E-state index is 0.219. The van der Waals surface area contributed by atoms with Crippen molar-refractivity contribution in [3.8, 4) is 11.1 Å². The average Bonchev–Trinajstić information content (AvgIpc) is 2.81. The molecule has 0 radical (unpaired) electrons. The van der Waals surface area contributed by atoms with Crippen LogP contribution in [0.1, 0.15) is 76.7 Å². The Hall–Kier alpha value is -2.29. The normalized spacial score (nSPS) is 18.7. The predicted molar refractivity (Wildman–Crippen MR) is 132 cm³/mol. The predicted octanol–water partition coefficient (Wildman–Crippen LogP) is 9.63. The molecule has 3 heteroatoms. The lowest BCUT2D eigenvalue weighted by Gasteiger charge is -2.28. The van der Waals surface area contributed by atoms with Crippen molar-refractivity contribution in [1.82, 2.24) is 0 Å². The summed E-state index contributed by atoms with van der Waals surface area (Å²) in [5.41, 5.74) is 1.67. The molecule has 1 fully saturated rings. The number of hydrogen-bond donors (Lipinski definition) is 0. The third-order valence-corrected chi connectivity index (χ3v) is 7.47. The first-order chi connectivity index (χ1) is 16.0. The van der Waals surface area contributed by atoms with Gasteiger partial charge in [-0.15, -0.1) is 0 Å². The minimum Gasteiger partial charge on any atom is -0.207 e. The second-order valence-corrected chi connectivity index (χ2v) is 9.92. The van der Waals surface area contributed by atoms with Gasteiger partial charge in [-0.05, 0) is 53.3 Å². The van der Waals surface area contributed by atoms with Gasteiger partial charge in [-0.2, -0.15) is 0 Å². The Labute approximate surface area is 196 Å². The maximum atomic E-state index is 15.1. The monoisotopic (exact) mass is 452 g/mol. The Morgan fingerprint density at radius 2 is 1.42 bits per heavy atom. The van der Waals surface area contributed by atoms with Crippen molar-refractivity contribution in [2.24, 2.45) is 11.8 Å². The molecule has 3 aromatic carbocycles. The summed E-state index contributed by atoms with van der Waals surface area (Å²) in [7, 11) is 0. The molecule has 0 bridgehead atoms. The highest BCUT2D eigenvalue weighted by molar-refractivity contribution is 5.88. The van der Waals surface area contributed by atoms with E-state index >= 15 is 4.39 Å². The summed E-state index contributed by atoms with van der Waals surface area (Å²) in [5, 5.41) is 1.32. The largest absolute Gasteiger partial charge is 0.207 e. The number of hydrogen-bond acceptors (Lipinski definition) is 0. The molecule has 0 spiro atoms. The second-order valence-electron chi connectivity index (χ2n) is 9.92. The molecule has 0 aliphatic heterocycles. The van der Waals surface area contributed by atoms with E-state index in [4.69, 9.17) is 0 Å². The molecule has 0 heterocycles. The fraction of sp³-hybridized carbons (Fsp3) is 0.467. The summed E-state index contributed by atoms with van der Waals surface area (Å²) in [5.74, 6) is -0.103. The molecule has 3 aromatic rings. The van der Waals surface area contributed by atoms with Crippen LogP contribution in [0.25, 0.3) is 21.9 Å². The van der Waals surface area contributed by atoms with E-state index in [1.54, 1.807) is 6.07 Å². The summed E-state index contributed by atoms with van der Waals surface area (Å²) in [6.45, 7) is 2.27. The van der Waals surface area contributed by atoms with E-state index < -0.39 is 17.5 Å². The Bertz CT molecular complexity index is 1040. The number of aryl methyl sites for hydroxylation is 1. The second kappa shape index (κ2) is 11.2. The van der Waals surface area contributed by atoms with Gasteiger partial charge in [0.15, 0.2) is 0 Å². The standard InChI is InChI=1S/C30H35F3/c1-2-3-4-5-6-21-7-9-22(10-8-21)11-12-23-13-15-28-24(17-23)14-16-29(30(28)33)25-18-26(31)20-27(32)19-25/h13-22H,2-12H2,1H3. The van der Waals surface area contributed by atoms with Gasteiger partial charge in [-0.3, -0.25) is 0 Å². The Kier molecular flexibility index (Phi) is 8.11. The fourth-order valence-corrected chi connectivity index (χ4v) is 5.47. The molecule has 0 unspecified atom stereocenters. The van der Waals surface area contributed by atoms with Gasteiger partial charge in [0.2, 0.25) is 0 Å². The van der Waals surface area contributed by atoms with Gasteiger partial charge < -0.3 is 0 Å². The van der Waals surface area contributed by atoms with Crippen molar-refractivity contribution < 1.29 is 13.2 Å². The van der Waals surface area contributed by atoms with Gasteiger partial charge in [0, 0.05) is 17.0 Å². The average molecular weight is 453 g/mol. The van der Waals surface area contributed by atoms with Crippen LogP contribution in [0.15, 0.2) is 48.5 Å². The summed E-state index contributed by atoms with van der Waals surface area (Å²) in [6.07, 6.45) is 14.5. The van der Waals surface area contributed by atoms with Gasteiger partial charge in [0.05, 0.1) is 0 Å². The van der Waals surface area contributed by atoms with Crippen LogP contribution in [0, 0.1) is 29.3 Å². The zero-order chi connectivity index (χ0) is 23.2. The molecule has 1 aliphatic rings. The lowest BCUT2D eigenvalue weighted by molar-refractivity contribution is 0.249. The van der Waals surface area contributed by atoms with Crippen LogP contribution in [-0.4, -0.2) is 0 Å². The van der Waals surface area contributed by atoms with E-state index in [0.29, 0.717) is 5.39 Å². The molecule has 1 aliphatic carbocycles. The maximum Gasteiger partial charge on any atom is 0.138 e. The minimum atomic E-state index is -0.703. The number of rotatable bonds is 9. The van der Waals surface area contributed by atoms with Crippen molar-refractivity contribution in [3.63, 3.8) is 0 Å². The Morgan fingerprint density at radius 1 is 0.727 bits per heavy atom. The fourth-order valence-electron chi connectivity index (χ4n) is 5.47. The lowest BCUT2D eigenvalue weighted by Crippen LogP contribution is -2.15. The number of unbranched alkanes of at least 4 members (excludes halogenated alkanes) is 3. The van der Waals surface area contributed by atoms with E-state index in [-0.39, 0.29) is 11.1 Å². The van der Waals surface area contributed by atoms with Crippen molar-refractivity contribution in [3.05, 3.63) is 71.5 Å². The molecule has 0 amide bonds. The van der Waals surface area contributed by atoms with E-state index in [1.807, 2.05) is 18.2 Å². The summed E-state index contributed by atoms with van der Waals surface area (Å²) >= 11 is 0. The number of fused-ring (bicyclic) bond motifs is 1. The highest BCUT2D eigenvalue weighted by Gasteiger charge is 2.21. The zero-order valence-corrected chi connectivity index (χ0v) is 19.7. The first-order valence-electron chi connectivity index (χ1n) is 12.7. The third-order valence-electron chi connectivity index (χ3n) is 7.47. The van der Waals surface area contributed by atoms with Crippen LogP contribution in [0.5, 0.6) is 0 Å². The first kappa shape index (κ1) is 23.9. The van der Waals surface area contributed by atoms with Crippen LogP contribution >= 0.6 is 0 Å². The molecule has 0 N–H and O–H groups in total. The number of benzene rings is 3. The highest BCUT2D eigenvalue weighted by Crippen LogP contribution is 2.35. The van der Waals surface area contributed by atoms with E-state index in [2.05, 4.69) is 13.0 Å². The van der Waals surface area contributed by atoms with Gasteiger partial charge in [-0.1, -0.05) is 95.0 Å². The van der Waals surface area contributed by atoms with Crippen molar-refractivity contribution in [2.45, 2.75) is 77.6 Å². The van der Waals surface area contributed by atoms with Crippen molar-refractivity contribution in [1.29, 1.82) is 0 Å². The quantitative estimate of drug-likeness (QED) is 0.283. The SMILES string of the molecule is CCCCCCC1CCC(CCc2ccc3c(F)c(-c4cc(F)cc(F)c4)ccc3c2)CC1. The third kappa shape index (κ3) is 6.19. The Morgan fingerprint density at radius 3 is 2.12 bits per heavy atom. The summed E-state index contributed by atoms with van der Waals surface area (Å²) in [6, 6.07) is 12.5. The maximum absolute atomic E-state index is 15.1. The molecule has 0 saturated heterocycles. The van der Waals surface area contributed by atoms with Gasteiger partial charge in [-0.25, -0.2) is 13.2 Å². The zero-order valence-electron chi connectivity index (χ0n) is 19.7. The molecule has 0 nitrogen and oxygen atoms in total. The molecule has 176 valence electrons. The number of halogens is 3. The topological polar surface area (TPSA) is 0 Å². The molecule has 0 aromatic heterocycles. The van der Waals surface area contributed by atoms with E-state index in [1.165, 1.54) is 81.9 Å². The van der Waals surface area contributed by atoms with Crippen LogP contribution in [0.2, 0.25) is 0 Å². The smallest absolute Gasteiger partial charge is 0.138 e. The molecule has 4 rings (SSSR count). The van der Waals surface area contributed by atoms with Crippen molar-refractivity contribution >= 4 is 10.8 Å². The van der Waals surface area contributed by atoms with E-state index in [9.17, 15) is 8.78 Å². The van der Waals surface area contributed by atoms with Gasteiger partial charge >= 0.3 is 0 Å². The summed E-state index contributed by atoms with van der Waals surface area (Å²) in [4.78, 5) is 0. The molecular formula is C30H35F3. The van der Waals surface area contributed by atoms with E-state index in [0.717, 1.165) is 29.7 Å². The van der Waals surface area contributed by atoms with Crippen LogP contribution in [0.4, 0.5) is 13.2 Å². The summed E-state index contributed by atoms with van der Waals surface area (Å²) < 4.78 is 42.3. The lowest BCUT2D eigenvalue weighted by atomic mass is 9.77. The molecular weight excluding hydrogens is 417 g/mol. The van der Waals surface area contributed by atoms with Crippen LogP contribution < -0.4 is 0 Å². The molecule has 33 heavy (non-hydrogen) atoms. The highest BCUT2D eigenvalue weighted by atomic mass is 19.1. The molecule has 0 atom stereocenters. The first-order valence-corrected chi connectivity index (χ1v) is 12.7. The van der Waals surface area contributed by atoms with Crippen LogP contribution in [-0.2, 0) is 6.42 Å². The Balaban J connectivity index is 1.35. The molecule has 1 saturated carbocycles.